The van der Waals surface area contributed by atoms with Crippen LogP contribution >= 0.6 is 11.8 Å². The van der Waals surface area contributed by atoms with Crippen molar-refractivity contribution in [3.63, 3.8) is 0 Å². The van der Waals surface area contributed by atoms with E-state index in [9.17, 15) is 0 Å². The lowest BCUT2D eigenvalue weighted by atomic mass is 10.3. The zero-order valence-electron chi connectivity index (χ0n) is 12.4. The Kier molecular flexibility index (Phi) is 5.83. The van der Waals surface area contributed by atoms with Crippen LogP contribution in [0.4, 0.5) is 5.82 Å². The molecular formula is C15H19N3O2S. The van der Waals surface area contributed by atoms with Crippen molar-refractivity contribution in [2.24, 2.45) is 0 Å². The van der Waals surface area contributed by atoms with Crippen molar-refractivity contribution < 1.29 is 9.47 Å². The summed E-state index contributed by atoms with van der Waals surface area (Å²) in [6.45, 7) is 3.25. The Morgan fingerprint density at radius 3 is 2.52 bits per heavy atom. The van der Waals surface area contributed by atoms with Gasteiger partial charge in [-0.25, -0.2) is 9.97 Å². The van der Waals surface area contributed by atoms with Crippen LogP contribution in [0.1, 0.15) is 12.7 Å². The fraction of sp³-hybridized carbons (Fsp3) is 0.333. The average molecular weight is 305 g/mol. The highest BCUT2D eigenvalue weighted by molar-refractivity contribution is 7.99. The second kappa shape index (κ2) is 7.85. The number of benzene rings is 1. The van der Waals surface area contributed by atoms with Gasteiger partial charge in [-0.15, -0.1) is 0 Å². The summed E-state index contributed by atoms with van der Waals surface area (Å²) >= 11 is 1.58. The Hall–Kier alpha value is -1.79. The van der Waals surface area contributed by atoms with Gasteiger partial charge >= 0.3 is 0 Å². The van der Waals surface area contributed by atoms with E-state index in [1.165, 1.54) is 0 Å². The first-order valence-corrected chi connectivity index (χ1v) is 7.49. The van der Waals surface area contributed by atoms with Crippen molar-refractivity contribution in [2.75, 3.05) is 26.1 Å². The van der Waals surface area contributed by atoms with Gasteiger partial charge in [-0.1, -0.05) is 11.8 Å². The molecule has 2 aromatic rings. The molecule has 0 fully saturated rings. The third kappa shape index (κ3) is 4.61. The largest absolute Gasteiger partial charge is 0.497 e. The molecule has 0 saturated heterocycles. The van der Waals surface area contributed by atoms with Crippen molar-refractivity contribution >= 4 is 17.6 Å². The molecule has 6 heteroatoms. The van der Waals surface area contributed by atoms with E-state index >= 15 is 0 Å². The summed E-state index contributed by atoms with van der Waals surface area (Å²) in [5.74, 6) is 2.33. The zero-order chi connectivity index (χ0) is 15.1. The third-order valence-electron chi connectivity index (χ3n) is 2.66. The molecule has 0 unspecified atom stereocenters. The molecule has 0 aliphatic rings. The normalized spacial score (nSPS) is 10.4. The maximum atomic E-state index is 5.16. The quantitative estimate of drug-likeness (QED) is 0.793. The number of hydrogen-bond acceptors (Lipinski definition) is 6. The van der Waals surface area contributed by atoms with Crippen LogP contribution in [0.3, 0.4) is 0 Å². The first kappa shape index (κ1) is 15.6. The van der Waals surface area contributed by atoms with Crippen molar-refractivity contribution in [1.82, 2.24) is 9.97 Å². The summed E-state index contributed by atoms with van der Waals surface area (Å²) in [6.07, 6.45) is 0. The molecule has 1 aromatic carbocycles. The summed E-state index contributed by atoms with van der Waals surface area (Å²) in [4.78, 5) is 10.00. The van der Waals surface area contributed by atoms with E-state index in [0.29, 0.717) is 12.4 Å². The van der Waals surface area contributed by atoms with Crippen molar-refractivity contribution in [3.8, 4) is 5.75 Å². The van der Waals surface area contributed by atoms with Gasteiger partial charge in [-0.3, -0.25) is 0 Å². The lowest BCUT2D eigenvalue weighted by Gasteiger charge is -2.08. The maximum Gasteiger partial charge on any atom is 0.157 e. The van der Waals surface area contributed by atoms with Gasteiger partial charge in [0.15, 0.2) is 5.82 Å². The van der Waals surface area contributed by atoms with Crippen LogP contribution in [0, 0.1) is 0 Å². The van der Waals surface area contributed by atoms with E-state index in [4.69, 9.17) is 9.47 Å². The smallest absolute Gasteiger partial charge is 0.157 e. The first-order valence-electron chi connectivity index (χ1n) is 6.67. The van der Waals surface area contributed by atoms with Gasteiger partial charge in [0.1, 0.15) is 23.2 Å². The molecule has 5 nitrogen and oxygen atoms in total. The van der Waals surface area contributed by atoms with Crippen molar-refractivity contribution in [1.29, 1.82) is 0 Å². The van der Waals surface area contributed by atoms with Gasteiger partial charge in [0.25, 0.3) is 0 Å². The van der Waals surface area contributed by atoms with E-state index in [0.717, 1.165) is 28.0 Å². The van der Waals surface area contributed by atoms with Gasteiger partial charge in [0.2, 0.25) is 0 Å². The zero-order valence-corrected chi connectivity index (χ0v) is 13.2. The van der Waals surface area contributed by atoms with Crippen LogP contribution in [-0.4, -0.2) is 30.7 Å². The number of anilines is 1. The fourth-order valence-electron chi connectivity index (χ4n) is 1.75. The molecule has 1 aromatic heterocycles. The van der Waals surface area contributed by atoms with E-state index in [2.05, 4.69) is 15.3 Å². The van der Waals surface area contributed by atoms with Gasteiger partial charge in [-0.2, -0.15) is 0 Å². The third-order valence-corrected chi connectivity index (χ3v) is 3.59. The minimum atomic E-state index is 0.398. The first-order chi connectivity index (χ1) is 10.2. The van der Waals surface area contributed by atoms with Gasteiger partial charge in [0, 0.05) is 24.6 Å². The summed E-state index contributed by atoms with van der Waals surface area (Å²) in [7, 11) is 3.30. The van der Waals surface area contributed by atoms with Gasteiger partial charge in [-0.05, 0) is 31.2 Å². The molecule has 0 saturated carbocycles. The van der Waals surface area contributed by atoms with Crippen LogP contribution in [-0.2, 0) is 11.3 Å². The predicted octanol–water partition coefficient (Wildman–Crippen LogP) is 3.21. The standard InChI is InChI=1S/C15H19N3O2S/c1-4-16-13-9-15(18-14(17-13)10-19-2)21-12-7-5-11(20-3)6-8-12/h5-9H,4,10H2,1-3H3,(H,16,17,18). The summed E-state index contributed by atoms with van der Waals surface area (Å²) in [6, 6.07) is 9.83. The Balaban J connectivity index is 2.20. The minimum absolute atomic E-state index is 0.398. The second-order valence-electron chi connectivity index (χ2n) is 4.25. The number of nitrogens with one attached hydrogen (secondary N) is 1. The Morgan fingerprint density at radius 2 is 1.90 bits per heavy atom. The summed E-state index contributed by atoms with van der Waals surface area (Å²) < 4.78 is 10.3. The molecule has 0 radical (unpaired) electrons. The van der Waals surface area contributed by atoms with Crippen molar-refractivity contribution in [2.45, 2.75) is 23.5 Å². The van der Waals surface area contributed by atoms with E-state index in [1.807, 2.05) is 37.3 Å². The van der Waals surface area contributed by atoms with Crippen LogP contribution in [0.15, 0.2) is 40.3 Å². The SMILES string of the molecule is CCNc1cc(Sc2ccc(OC)cc2)nc(COC)n1. The molecule has 2 rings (SSSR count). The van der Waals surface area contributed by atoms with E-state index in [-0.39, 0.29) is 0 Å². The van der Waals surface area contributed by atoms with Crippen molar-refractivity contribution in [3.05, 3.63) is 36.2 Å². The molecule has 0 atom stereocenters. The Morgan fingerprint density at radius 1 is 1.14 bits per heavy atom. The molecule has 0 aliphatic carbocycles. The molecular weight excluding hydrogens is 286 g/mol. The van der Waals surface area contributed by atoms with Gasteiger partial charge < -0.3 is 14.8 Å². The monoisotopic (exact) mass is 305 g/mol. The highest BCUT2D eigenvalue weighted by Gasteiger charge is 2.06. The molecule has 1 N–H and O–H groups in total. The van der Waals surface area contributed by atoms with E-state index in [1.54, 1.807) is 26.0 Å². The molecule has 112 valence electrons. The highest BCUT2D eigenvalue weighted by atomic mass is 32.2. The number of rotatable bonds is 7. The van der Waals surface area contributed by atoms with Crippen LogP contribution in [0.25, 0.3) is 0 Å². The van der Waals surface area contributed by atoms with Crippen LogP contribution in [0.5, 0.6) is 5.75 Å². The average Bonchev–Trinajstić information content (AvgIpc) is 2.48. The molecule has 0 spiro atoms. The maximum absolute atomic E-state index is 5.16. The molecule has 0 bridgehead atoms. The molecule has 21 heavy (non-hydrogen) atoms. The Labute approximate surface area is 129 Å². The molecule has 0 aliphatic heterocycles. The predicted molar refractivity (Wildman–Crippen MR) is 84.0 cm³/mol. The second-order valence-corrected chi connectivity index (χ2v) is 5.34. The fourth-order valence-corrected chi connectivity index (χ4v) is 2.59. The number of methoxy groups -OCH3 is 2. The lowest BCUT2D eigenvalue weighted by molar-refractivity contribution is 0.177. The summed E-state index contributed by atoms with van der Waals surface area (Å²) in [5.41, 5.74) is 0. The number of nitrogens with zero attached hydrogens (tertiary/aromatic N) is 2. The minimum Gasteiger partial charge on any atom is -0.497 e. The van der Waals surface area contributed by atoms with Crippen LogP contribution in [0.2, 0.25) is 0 Å². The number of hydrogen-bond donors (Lipinski definition) is 1. The Bertz CT molecular complexity index is 551. The highest BCUT2D eigenvalue weighted by Crippen LogP contribution is 2.28. The van der Waals surface area contributed by atoms with E-state index < -0.39 is 0 Å². The number of aromatic nitrogens is 2. The molecule has 1 heterocycles. The van der Waals surface area contributed by atoms with Gasteiger partial charge in [0.05, 0.1) is 7.11 Å². The number of ether oxygens (including phenoxy) is 2. The summed E-state index contributed by atoms with van der Waals surface area (Å²) in [5, 5.41) is 4.10. The topological polar surface area (TPSA) is 56.3 Å². The lowest BCUT2D eigenvalue weighted by Crippen LogP contribution is -2.05. The van der Waals surface area contributed by atoms with Crippen LogP contribution < -0.4 is 10.1 Å². The molecule has 0 amide bonds.